The number of amides is 1. The molecule has 2 aliphatic rings. The molecule has 3 nitrogen and oxygen atoms in total. The molecule has 0 bridgehead atoms. The molecular weight excluding hydrogens is 353 g/mol. The fourth-order valence-corrected chi connectivity index (χ4v) is 7.64. The number of carbonyl (C=O) groups excluding carboxylic acids is 1. The van der Waals surface area contributed by atoms with Crippen molar-refractivity contribution in [1.29, 1.82) is 0 Å². The number of nitrogens with zero attached hydrogens (tertiary/aromatic N) is 1. The number of hydrogen-bond acceptors (Lipinski definition) is 2. The Balaban J connectivity index is 1.73. The Hall–Kier alpha value is -2.64. The molecule has 2 atom stereocenters. The lowest BCUT2D eigenvalue weighted by atomic mass is 10.0. The number of rotatable bonds is 3. The lowest BCUT2D eigenvalue weighted by Gasteiger charge is -2.34. The van der Waals surface area contributed by atoms with Crippen LogP contribution in [0.5, 0.6) is 0 Å². The fourth-order valence-electron chi connectivity index (χ4n) is 4.64. The largest absolute Gasteiger partial charge is 0.290 e. The van der Waals surface area contributed by atoms with Crippen molar-refractivity contribution in [3.05, 3.63) is 96.1 Å². The quantitative estimate of drug-likeness (QED) is 0.650. The Bertz CT molecular complexity index is 1000. The molecule has 134 valence electrons. The van der Waals surface area contributed by atoms with E-state index in [9.17, 15) is 9.36 Å². The lowest BCUT2D eigenvalue weighted by Crippen LogP contribution is -2.35. The van der Waals surface area contributed by atoms with Crippen molar-refractivity contribution < 1.29 is 9.36 Å². The van der Waals surface area contributed by atoms with Crippen LogP contribution in [-0.4, -0.2) is 10.6 Å². The first kappa shape index (κ1) is 16.5. The maximum absolute atomic E-state index is 14.7. The molecule has 1 heterocycles. The van der Waals surface area contributed by atoms with Gasteiger partial charge in [-0.25, -0.2) is 0 Å². The van der Waals surface area contributed by atoms with Gasteiger partial charge in [0.25, 0.3) is 0 Å². The van der Waals surface area contributed by atoms with Crippen molar-refractivity contribution in [3.63, 3.8) is 0 Å². The van der Waals surface area contributed by atoms with Gasteiger partial charge in [-0.1, -0.05) is 60.7 Å². The lowest BCUT2D eigenvalue weighted by molar-refractivity contribution is -0.124. The Morgan fingerprint density at radius 3 is 1.93 bits per heavy atom. The van der Waals surface area contributed by atoms with Gasteiger partial charge in [-0.2, -0.15) is 0 Å². The molecule has 1 aliphatic heterocycles. The first-order valence-electron chi connectivity index (χ1n) is 9.31. The molecule has 3 aromatic rings. The van der Waals surface area contributed by atoms with E-state index in [4.69, 9.17) is 0 Å². The smallest absolute Gasteiger partial charge is 0.232 e. The highest BCUT2D eigenvalue weighted by atomic mass is 31.2. The predicted octanol–water partition coefficient (Wildman–Crippen LogP) is 4.06. The summed E-state index contributed by atoms with van der Waals surface area (Å²) in [6.45, 7) is 0. The van der Waals surface area contributed by atoms with Crippen LogP contribution in [0.1, 0.15) is 23.6 Å². The van der Waals surface area contributed by atoms with E-state index < -0.39 is 7.29 Å². The normalized spacial score (nSPS) is 21.2. The van der Waals surface area contributed by atoms with E-state index in [1.54, 1.807) is 4.67 Å². The first-order valence-corrected chi connectivity index (χ1v) is 11.0. The zero-order valence-corrected chi connectivity index (χ0v) is 15.8. The molecule has 1 fully saturated rings. The minimum atomic E-state index is -3.27. The summed E-state index contributed by atoms with van der Waals surface area (Å²) < 4.78 is 16.4. The Labute approximate surface area is 159 Å². The molecule has 5 rings (SSSR count). The summed E-state index contributed by atoms with van der Waals surface area (Å²) in [6, 6.07) is 27.1. The Kier molecular flexibility index (Phi) is 3.80. The number of hydrogen-bond donors (Lipinski definition) is 0. The van der Waals surface area contributed by atoms with Crippen LogP contribution in [0.2, 0.25) is 0 Å². The summed E-state index contributed by atoms with van der Waals surface area (Å²) >= 11 is 0. The third-order valence-corrected chi connectivity index (χ3v) is 8.85. The van der Waals surface area contributed by atoms with E-state index in [2.05, 4.69) is 12.1 Å². The average molecular weight is 373 g/mol. The predicted molar refractivity (Wildman–Crippen MR) is 108 cm³/mol. The van der Waals surface area contributed by atoms with E-state index in [0.29, 0.717) is 6.42 Å². The van der Waals surface area contributed by atoms with Crippen LogP contribution in [-0.2, 0) is 15.8 Å². The standard InChI is InChI=1S/C23H20NO2P/c25-22-16-18-15-17-9-7-8-14-21(17)23(18)24(22)27(26,19-10-3-1-4-11-19)20-12-5-2-6-13-20/h1-14,18,23H,15-16H2/t18-,23+/m0/s1. The van der Waals surface area contributed by atoms with Crippen LogP contribution in [0.3, 0.4) is 0 Å². The topological polar surface area (TPSA) is 37.4 Å². The molecule has 0 unspecified atom stereocenters. The van der Waals surface area contributed by atoms with Crippen LogP contribution in [0, 0.1) is 5.92 Å². The van der Waals surface area contributed by atoms with Crippen molar-refractivity contribution in [2.45, 2.75) is 18.9 Å². The second-order valence-electron chi connectivity index (χ2n) is 7.30. The highest BCUT2D eigenvalue weighted by Crippen LogP contribution is 2.60. The van der Waals surface area contributed by atoms with Gasteiger partial charge in [0.1, 0.15) is 0 Å². The minimum Gasteiger partial charge on any atom is -0.290 e. The highest BCUT2D eigenvalue weighted by molar-refractivity contribution is 7.77. The molecular formula is C23H20NO2P. The molecule has 0 spiro atoms. The van der Waals surface area contributed by atoms with E-state index in [-0.39, 0.29) is 17.9 Å². The van der Waals surface area contributed by atoms with E-state index in [1.165, 1.54) is 5.56 Å². The summed E-state index contributed by atoms with van der Waals surface area (Å²) in [7, 11) is -3.27. The van der Waals surface area contributed by atoms with Gasteiger partial charge in [0.05, 0.1) is 6.04 Å². The van der Waals surface area contributed by atoms with Gasteiger partial charge in [0, 0.05) is 17.0 Å². The summed E-state index contributed by atoms with van der Waals surface area (Å²) in [5, 5.41) is 1.43. The molecule has 0 N–H and O–H groups in total. The van der Waals surface area contributed by atoms with Crippen molar-refractivity contribution >= 4 is 23.8 Å². The molecule has 4 heteroatoms. The third kappa shape index (κ3) is 2.42. The van der Waals surface area contributed by atoms with E-state index >= 15 is 0 Å². The van der Waals surface area contributed by atoms with E-state index in [0.717, 1.165) is 22.6 Å². The Morgan fingerprint density at radius 2 is 1.30 bits per heavy atom. The van der Waals surface area contributed by atoms with Crippen molar-refractivity contribution in [2.75, 3.05) is 0 Å². The first-order chi connectivity index (χ1) is 13.2. The summed E-state index contributed by atoms with van der Waals surface area (Å²) in [4.78, 5) is 13.1. The summed E-state index contributed by atoms with van der Waals surface area (Å²) in [6.07, 6.45) is 1.34. The zero-order valence-electron chi connectivity index (χ0n) is 14.9. The van der Waals surface area contributed by atoms with Crippen molar-refractivity contribution in [2.24, 2.45) is 5.92 Å². The van der Waals surface area contributed by atoms with Gasteiger partial charge in [0.15, 0.2) is 0 Å². The fraction of sp³-hybridized carbons (Fsp3) is 0.174. The maximum atomic E-state index is 14.7. The second kappa shape index (κ2) is 6.21. The average Bonchev–Trinajstić information content (AvgIpc) is 3.23. The van der Waals surface area contributed by atoms with Crippen LogP contribution in [0.4, 0.5) is 0 Å². The maximum Gasteiger partial charge on any atom is 0.232 e. The van der Waals surface area contributed by atoms with Gasteiger partial charge in [-0.3, -0.25) is 14.0 Å². The second-order valence-corrected chi connectivity index (χ2v) is 9.91. The molecule has 0 aromatic heterocycles. The van der Waals surface area contributed by atoms with Crippen LogP contribution >= 0.6 is 7.29 Å². The van der Waals surface area contributed by atoms with Gasteiger partial charge >= 0.3 is 0 Å². The van der Waals surface area contributed by atoms with Crippen LogP contribution in [0.25, 0.3) is 0 Å². The van der Waals surface area contributed by atoms with Gasteiger partial charge in [-0.05, 0) is 47.7 Å². The van der Waals surface area contributed by atoms with Gasteiger partial charge in [0.2, 0.25) is 13.2 Å². The highest BCUT2D eigenvalue weighted by Gasteiger charge is 2.53. The summed E-state index contributed by atoms with van der Waals surface area (Å²) in [5.74, 6) is 0.200. The van der Waals surface area contributed by atoms with E-state index in [1.807, 2.05) is 72.8 Å². The SMILES string of the molecule is O=C1C[C@@H]2Cc3ccccc3[C@@H]2N1P(=O)(c1ccccc1)c1ccccc1. The Morgan fingerprint density at radius 1 is 0.741 bits per heavy atom. The van der Waals surface area contributed by atoms with Crippen LogP contribution in [0.15, 0.2) is 84.9 Å². The third-order valence-electron chi connectivity index (χ3n) is 5.77. The molecule has 27 heavy (non-hydrogen) atoms. The number of benzene rings is 3. The number of fused-ring (bicyclic) bond motifs is 3. The monoisotopic (exact) mass is 373 g/mol. The molecule has 1 aliphatic carbocycles. The molecule has 1 saturated heterocycles. The summed E-state index contributed by atoms with van der Waals surface area (Å²) in [5.41, 5.74) is 2.43. The van der Waals surface area contributed by atoms with Crippen molar-refractivity contribution in [1.82, 2.24) is 4.67 Å². The molecule has 1 amide bonds. The minimum absolute atomic E-state index is 0.00413. The zero-order chi connectivity index (χ0) is 18.4. The van der Waals surface area contributed by atoms with Crippen LogP contribution < -0.4 is 10.6 Å². The van der Waals surface area contributed by atoms with Gasteiger partial charge in [-0.15, -0.1) is 0 Å². The van der Waals surface area contributed by atoms with Gasteiger partial charge < -0.3 is 0 Å². The number of carbonyl (C=O) groups is 1. The molecule has 3 aromatic carbocycles. The van der Waals surface area contributed by atoms with Crippen molar-refractivity contribution in [3.8, 4) is 0 Å². The molecule has 0 radical (unpaired) electrons. The molecule has 0 saturated carbocycles.